The summed E-state index contributed by atoms with van der Waals surface area (Å²) in [6.07, 6.45) is 5.40. The zero-order valence-electron chi connectivity index (χ0n) is 15.5. The summed E-state index contributed by atoms with van der Waals surface area (Å²) in [7, 11) is -1.28. The lowest BCUT2D eigenvalue weighted by Crippen LogP contribution is -2.48. The Kier molecular flexibility index (Phi) is 5.07. The second-order valence-electron chi connectivity index (χ2n) is 8.15. The molecule has 1 unspecified atom stereocenters. The summed E-state index contributed by atoms with van der Waals surface area (Å²) >= 11 is 0. The summed E-state index contributed by atoms with van der Waals surface area (Å²) in [5.74, 6) is 0.460. The van der Waals surface area contributed by atoms with Crippen LogP contribution in [0.4, 0.5) is 0 Å². The van der Waals surface area contributed by atoms with Crippen molar-refractivity contribution in [2.45, 2.75) is 37.5 Å². The summed E-state index contributed by atoms with van der Waals surface area (Å²) in [4.78, 5) is 6.93. The molecule has 7 heteroatoms. The topological polar surface area (TPSA) is 62.7 Å². The normalized spacial score (nSPS) is 27.2. The maximum absolute atomic E-state index is 12.5. The summed E-state index contributed by atoms with van der Waals surface area (Å²) in [5, 5.41) is -0.101. The molecule has 3 aliphatic rings. The molecule has 0 aromatic carbocycles. The molecule has 1 spiro atoms. The van der Waals surface area contributed by atoms with Crippen molar-refractivity contribution in [3.63, 3.8) is 0 Å². The molecule has 0 amide bonds. The number of methoxy groups -OCH3 is 1. The fourth-order valence-corrected chi connectivity index (χ4v) is 6.59. The van der Waals surface area contributed by atoms with Gasteiger partial charge in [0, 0.05) is 51.9 Å². The minimum atomic E-state index is -3.05. The quantitative estimate of drug-likeness (QED) is 0.753. The van der Waals surface area contributed by atoms with Crippen LogP contribution in [0.2, 0.25) is 0 Å². The highest BCUT2D eigenvalue weighted by Crippen LogP contribution is 2.46. The lowest BCUT2D eigenvalue weighted by Gasteiger charge is -2.42. The van der Waals surface area contributed by atoms with Gasteiger partial charge >= 0.3 is 0 Å². The van der Waals surface area contributed by atoms with Crippen LogP contribution in [0, 0.1) is 11.3 Å². The molecule has 2 saturated heterocycles. The maximum Gasteiger partial charge on any atom is 0.216 e. The molecule has 1 aromatic rings. The standard InChI is InChI=1S/C19H29N3O3S/c1-25-14-16-12-21(13-17-4-2-3-9-20-17)15-19(16)7-10-22(11-8-19)26(23,24)18-5-6-18/h2-4,9,16,18H,5-8,10-15H2,1H3. The molecule has 2 aliphatic heterocycles. The Bertz CT molecular complexity index is 713. The average molecular weight is 380 g/mol. The SMILES string of the molecule is COCC1CN(Cc2ccccn2)CC12CCN(S(=O)(=O)C1CC1)CC2. The number of piperidine rings is 1. The zero-order chi connectivity index (χ0) is 18.2. The molecule has 1 saturated carbocycles. The third kappa shape index (κ3) is 3.54. The van der Waals surface area contributed by atoms with Crippen LogP contribution in [-0.2, 0) is 21.3 Å². The molecule has 0 bridgehead atoms. The van der Waals surface area contributed by atoms with Crippen molar-refractivity contribution in [2.24, 2.45) is 11.3 Å². The molecule has 6 nitrogen and oxygen atoms in total. The van der Waals surface area contributed by atoms with Gasteiger partial charge < -0.3 is 4.74 Å². The van der Waals surface area contributed by atoms with E-state index in [-0.39, 0.29) is 10.7 Å². The molecule has 144 valence electrons. The number of likely N-dealkylation sites (tertiary alicyclic amines) is 1. The molecule has 1 atom stereocenters. The predicted octanol–water partition coefficient (Wildman–Crippen LogP) is 1.73. The van der Waals surface area contributed by atoms with E-state index in [1.54, 1.807) is 11.4 Å². The Balaban J connectivity index is 1.44. The van der Waals surface area contributed by atoms with E-state index in [0.717, 1.165) is 57.6 Å². The molecule has 1 aliphatic carbocycles. The highest BCUT2D eigenvalue weighted by molar-refractivity contribution is 7.90. The minimum Gasteiger partial charge on any atom is -0.384 e. The van der Waals surface area contributed by atoms with Crippen molar-refractivity contribution < 1.29 is 13.2 Å². The molecule has 1 aromatic heterocycles. The number of nitrogens with zero attached hydrogens (tertiary/aromatic N) is 3. The molecule has 26 heavy (non-hydrogen) atoms. The third-order valence-electron chi connectivity index (χ3n) is 6.39. The molecule has 4 rings (SSSR count). The van der Waals surface area contributed by atoms with E-state index in [0.29, 0.717) is 19.0 Å². The monoisotopic (exact) mass is 379 g/mol. The van der Waals surface area contributed by atoms with Crippen LogP contribution in [-0.4, -0.2) is 67.8 Å². The fraction of sp³-hybridized carbons (Fsp3) is 0.737. The largest absolute Gasteiger partial charge is 0.384 e. The highest BCUT2D eigenvalue weighted by Gasteiger charge is 2.50. The van der Waals surface area contributed by atoms with Gasteiger partial charge in [0.05, 0.1) is 17.6 Å². The zero-order valence-corrected chi connectivity index (χ0v) is 16.3. The lowest BCUT2D eigenvalue weighted by atomic mass is 9.71. The molecule has 3 fully saturated rings. The number of ether oxygens (including phenoxy) is 1. The lowest BCUT2D eigenvalue weighted by molar-refractivity contribution is 0.0567. The number of sulfonamides is 1. The maximum atomic E-state index is 12.5. The van der Waals surface area contributed by atoms with Crippen molar-refractivity contribution in [1.82, 2.24) is 14.2 Å². The Morgan fingerprint density at radius 1 is 1.27 bits per heavy atom. The van der Waals surface area contributed by atoms with Crippen LogP contribution in [0.3, 0.4) is 0 Å². The summed E-state index contributed by atoms with van der Waals surface area (Å²) in [6, 6.07) is 6.04. The Hall–Kier alpha value is -1.02. The van der Waals surface area contributed by atoms with Crippen molar-refractivity contribution >= 4 is 10.0 Å². The van der Waals surface area contributed by atoms with Gasteiger partial charge in [0.25, 0.3) is 0 Å². The second kappa shape index (κ2) is 7.19. The van der Waals surface area contributed by atoms with Gasteiger partial charge in [0.2, 0.25) is 10.0 Å². The molecule has 0 N–H and O–H groups in total. The number of aromatic nitrogens is 1. The first-order chi connectivity index (χ1) is 12.5. The minimum absolute atomic E-state index is 0.101. The first kappa shape index (κ1) is 18.3. The van der Waals surface area contributed by atoms with Gasteiger partial charge in [-0.25, -0.2) is 12.7 Å². The van der Waals surface area contributed by atoms with Crippen LogP contribution in [0.25, 0.3) is 0 Å². The van der Waals surface area contributed by atoms with Crippen LogP contribution in [0.1, 0.15) is 31.4 Å². The van der Waals surface area contributed by atoms with E-state index < -0.39 is 10.0 Å². The van der Waals surface area contributed by atoms with Crippen molar-refractivity contribution in [3.05, 3.63) is 30.1 Å². The van der Waals surface area contributed by atoms with Crippen LogP contribution in [0.5, 0.6) is 0 Å². The van der Waals surface area contributed by atoms with E-state index in [1.165, 1.54) is 0 Å². The Morgan fingerprint density at radius 2 is 2.04 bits per heavy atom. The second-order valence-corrected chi connectivity index (χ2v) is 10.4. The van der Waals surface area contributed by atoms with E-state index in [9.17, 15) is 8.42 Å². The number of pyridine rings is 1. The summed E-state index contributed by atoms with van der Waals surface area (Å²) in [5.41, 5.74) is 1.26. The fourth-order valence-electron chi connectivity index (χ4n) is 4.75. The summed E-state index contributed by atoms with van der Waals surface area (Å²) in [6.45, 7) is 4.93. The molecular formula is C19H29N3O3S. The van der Waals surface area contributed by atoms with E-state index >= 15 is 0 Å². The Morgan fingerprint density at radius 3 is 2.65 bits per heavy atom. The van der Waals surface area contributed by atoms with Gasteiger partial charge in [-0.15, -0.1) is 0 Å². The first-order valence-corrected chi connectivity index (χ1v) is 11.1. The Labute approximate surface area is 156 Å². The predicted molar refractivity (Wildman–Crippen MR) is 100 cm³/mol. The van der Waals surface area contributed by atoms with Crippen molar-refractivity contribution in [3.8, 4) is 0 Å². The molecule has 3 heterocycles. The molecular weight excluding hydrogens is 350 g/mol. The molecule has 0 radical (unpaired) electrons. The van der Waals surface area contributed by atoms with Crippen molar-refractivity contribution in [2.75, 3.05) is 39.9 Å². The van der Waals surface area contributed by atoms with Gasteiger partial charge in [-0.3, -0.25) is 9.88 Å². The number of hydrogen-bond acceptors (Lipinski definition) is 5. The highest BCUT2D eigenvalue weighted by atomic mass is 32.2. The number of hydrogen-bond donors (Lipinski definition) is 0. The summed E-state index contributed by atoms with van der Waals surface area (Å²) < 4.78 is 32.4. The third-order valence-corrected chi connectivity index (χ3v) is 8.79. The van der Waals surface area contributed by atoms with E-state index in [1.807, 2.05) is 18.3 Å². The van der Waals surface area contributed by atoms with Crippen LogP contribution < -0.4 is 0 Å². The van der Waals surface area contributed by atoms with Gasteiger partial charge in [-0.05, 0) is 43.2 Å². The van der Waals surface area contributed by atoms with Crippen molar-refractivity contribution in [1.29, 1.82) is 0 Å². The van der Waals surface area contributed by atoms with Gasteiger partial charge in [0.15, 0.2) is 0 Å². The van der Waals surface area contributed by atoms with E-state index in [4.69, 9.17) is 4.74 Å². The average Bonchev–Trinajstić information content (AvgIpc) is 3.44. The van der Waals surface area contributed by atoms with Crippen LogP contribution >= 0.6 is 0 Å². The number of rotatable bonds is 6. The van der Waals surface area contributed by atoms with Crippen LogP contribution in [0.15, 0.2) is 24.4 Å². The van der Waals surface area contributed by atoms with Gasteiger partial charge in [-0.1, -0.05) is 6.07 Å². The van der Waals surface area contributed by atoms with Gasteiger partial charge in [0.1, 0.15) is 0 Å². The van der Waals surface area contributed by atoms with Gasteiger partial charge in [-0.2, -0.15) is 0 Å². The van der Waals surface area contributed by atoms with E-state index in [2.05, 4.69) is 16.0 Å². The smallest absolute Gasteiger partial charge is 0.216 e. The first-order valence-electron chi connectivity index (χ1n) is 9.64.